The van der Waals surface area contributed by atoms with Gasteiger partial charge < -0.3 is 53.8 Å². The van der Waals surface area contributed by atoms with Crippen molar-refractivity contribution in [2.24, 2.45) is 22.6 Å². The molecule has 0 radical (unpaired) electrons. The van der Waals surface area contributed by atoms with E-state index in [9.17, 15) is 15.0 Å². The number of ether oxygens (including phenoxy) is 8. The van der Waals surface area contributed by atoms with E-state index in [-0.39, 0.29) is 79.7 Å². The lowest BCUT2D eigenvalue weighted by molar-refractivity contribution is -0.317. The highest BCUT2D eigenvalue weighted by atomic mass is 16.6. The van der Waals surface area contributed by atoms with Crippen LogP contribution in [-0.4, -0.2) is 140 Å². The molecule has 11 heterocycles. The van der Waals surface area contributed by atoms with Crippen LogP contribution in [0.1, 0.15) is 96.8 Å². The average Bonchev–Trinajstić information content (AvgIpc) is 3.79. The molecule has 0 aromatic heterocycles. The lowest BCUT2D eigenvalue weighted by Crippen LogP contribution is -2.69. The van der Waals surface area contributed by atoms with Crippen LogP contribution in [0, 0.1) is 11.8 Å². The standard InChI is InChI=1S/C40H62N2O11/c1-20-13-25-5-6-26-17-30(45)38(50-26)36-21(2)39(47-4)40-35(52-36)12-9-27(53-40)14-22(43)15-28-32(51-34(37(28)46-3)16-23(44)19-41)18-33-29(42-40)10-7-24(48-33)8-11-31(20)49-25/h21,23-28,30-39,44-45H,1,5-19,41H2,2-4H3/t21-,23+,24-,25+,26-,27-,28+,30-,31+,32+,33-,34-,35+,36?,37-,38+,39-,40+/m1/s1. The zero-order valence-electron chi connectivity index (χ0n) is 31.7. The van der Waals surface area contributed by atoms with E-state index in [1.165, 1.54) is 0 Å². The molecule has 10 bridgehead atoms. The molecular weight excluding hydrogens is 684 g/mol. The molecule has 11 aliphatic heterocycles. The fraction of sp³-hybridized carbons (Fsp3) is 0.900. The molecule has 13 nitrogen and oxygen atoms in total. The van der Waals surface area contributed by atoms with Crippen molar-refractivity contribution in [3.63, 3.8) is 0 Å². The summed E-state index contributed by atoms with van der Waals surface area (Å²) in [6, 6.07) is 0. The van der Waals surface area contributed by atoms with Crippen LogP contribution in [-0.2, 0) is 42.7 Å². The SMILES string of the molecule is C=C1C[C@@H]2CC[C@@H]3C[C@@H](O)[C@H](O3)C3O[C@H]4CC[C@@H]5CC(=O)C[C@@H]6[C@@H](OC)[C@@H](C[C@H](O)CN)O[C@H]6C[C@H]6O[C@H](CCC6=N[C@@]4(O5)[C@H](OC)[C@@H]3C)CC[C@@H]1O2. The summed E-state index contributed by atoms with van der Waals surface area (Å²) >= 11 is 0. The molecule has 0 aromatic carbocycles. The van der Waals surface area contributed by atoms with Crippen molar-refractivity contribution in [2.75, 3.05) is 20.8 Å². The van der Waals surface area contributed by atoms with Gasteiger partial charge in [0.2, 0.25) is 5.72 Å². The largest absolute Gasteiger partial charge is 0.392 e. The number of methoxy groups -OCH3 is 2. The van der Waals surface area contributed by atoms with E-state index in [1.807, 2.05) is 0 Å². The molecule has 0 aromatic rings. The highest BCUT2D eigenvalue weighted by molar-refractivity contribution is 5.90. The normalized spacial score (nSPS) is 49.5. The second-order valence-electron chi connectivity index (χ2n) is 17.2. The van der Waals surface area contributed by atoms with Gasteiger partial charge in [0.15, 0.2) is 0 Å². The molecule has 0 saturated carbocycles. The van der Waals surface area contributed by atoms with Gasteiger partial charge in [0, 0.05) is 70.4 Å². The van der Waals surface area contributed by atoms with Crippen LogP contribution < -0.4 is 5.73 Å². The molecule has 18 atom stereocenters. The molecule has 6 saturated heterocycles. The third-order valence-corrected chi connectivity index (χ3v) is 13.8. The molecule has 298 valence electrons. The molecule has 6 fully saturated rings. The summed E-state index contributed by atoms with van der Waals surface area (Å²) in [5.41, 5.74) is 6.61. The van der Waals surface area contributed by atoms with Gasteiger partial charge in [-0.25, -0.2) is 0 Å². The minimum atomic E-state index is -1.22. The highest BCUT2D eigenvalue weighted by Gasteiger charge is 2.62. The predicted molar refractivity (Wildman–Crippen MR) is 192 cm³/mol. The first-order valence-corrected chi connectivity index (χ1v) is 20.4. The summed E-state index contributed by atoms with van der Waals surface area (Å²) in [6.45, 7) is 6.57. The topological polar surface area (TPSA) is 170 Å². The first-order chi connectivity index (χ1) is 25.6. The number of hydrogen-bond donors (Lipinski definition) is 3. The number of carbonyl (C=O) groups is 1. The monoisotopic (exact) mass is 746 g/mol. The van der Waals surface area contributed by atoms with Crippen molar-refractivity contribution in [3.8, 4) is 0 Å². The minimum Gasteiger partial charge on any atom is -0.392 e. The van der Waals surface area contributed by atoms with Gasteiger partial charge in [-0.15, -0.1) is 0 Å². The first-order valence-electron chi connectivity index (χ1n) is 20.4. The van der Waals surface area contributed by atoms with Crippen molar-refractivity contribution >= 4 is 11.5 Å². The minimum absolute atomic E-state index is 0.0228. The molecule has 4 N–H and O–H groups in total. The highest BCUT2D eigenvalue weighted by Crippen LogP contribution is 2.49. The van der Waals surface area contributed by atoms with Crippen LogP contribution >= 0.6 is 0 Å². The Labute approximate surface area is 313 Å². The van der Waals surface area contributed by atoms with Crippen molar-refractivity contribution in [3.05, 3.63) is 12.2 Å². The van der Waals surface area contributed by atoms with Gasteiger partial charge in [0.25, 0.3) is 0 Å². The molecule has 0 aliphatic carbocycles. The van der Waals surface area contributed by atoms with Gasteiger partial charge in [0.1, 0.15) is 24.1 Å². The van der Waals surface area contributed by atoms with E-state index in [1.54, 1.807) is 14.2 Å². The van der Waals surface area contributed by atoms with Crippen LogP contribution in [0.25, 0.3) is 0 Å². The Kier molecular flexibility index (Phi) is 11.5. The van der Waals surface area contributed by atoms with Crippen molar-refractivity contribution < 1.29 is 52.9 Å². The van der Waals surface area contributed by atoms with Crippen LogP contribution in [0.3, 0.4) is 0 Å². The Hall–Kier alpha value is -1.36. The third-order valence-electron chi connectivity index (χ3n) is 13.8. The first kappa shape index (κ1) is 38.5. The quantitative estimate of drug-likeness (QED) is 0.353. The maximum atomic E-state index is 14.0. The number of rotatable bonds is 5. The fourth-order valence-electron chi connectivity index (χ4n) is 11.2. The second-order valence-corrected chi connectivity index (χ2v) is 17.2. The summed E-state index contributed by atoms with van der Waals surface area (Å²) in [5, 5.41) is 22.0. The van der Waals surface area contributed by atoms with E-state index < -0.39 is 54.6 Å². The maximum absolute atomic E-state index is 14.0. The summed E-state index contributed by atoms with van der Waals surface area (Å²) in [4.78, 5) is 19.6. The Bertz CT molecular complexity index is 1370. The van der Waals surface area contributed by atoms with Gasteiger partial charge in [0.05, 0.1) is 73.2 Å². The van der Waals surface area contributed by atoms with Crippen LogP contribution in [0.4, 0.5) is 0 Å². The van der Waals surface area contributed by atoms with Gasteiger partial charge >= 0.3 is 0 Å². The molecule has 11 aliphatic rings. The number of aliphatic hydroxyl groups excluding tert-OH is 2. The van der Waals surface area contributed by atoms with Gasteiger partial charge in [-0.2, -0.15) is 0 Å². The third kappa shape index (κ3) is 7.47. The smallest absolute Gasteiger partial charge is 0.211 e. The van der Waals surface area contributed by atoms with Gasteiger partial charge in [-0.1, -0.05) is 13.5 Å². The number of aliphatic imine (C=N–C) groups is 1. The second kappa shape index (κ2) is 15.9. The fourth-order valence-corrected chi connectivity index (χ4v) is 11.2. The molecule has 1 spiro atoms. The van der Waals surface area contributed by atoms with Crippen molar-refractivity contribution in [1.82, 2.24) is 0 Å². The molecule has 0 amide bonds. The molecule has 13 heteroatoms. The van der Waals surface area contributed by atoms with Crippen LogP contribution in [0.2, 0.25) is 0 Å². The van der Waals surface area contributed by atoms with Crippen LogP contribution in [0.15, 0.2) is 17.1 Å². The van der Waals surface area contributed by atoms with Gasteiger partial charge in [-0.05, 0) is 63.4 Å². The maximum Gasteiger partial charge on any atom is 0.211 e. The number of ketones is 1. The van der Waals surface area contributed by atoms with E-state index in [2.05, 4.69) is 13.5 Å². The zero-order chi connectivity index (χ0) is 37.0. The van der Waals surface area contributed by atoms with E-state index in [0.717, 1.165) is 49.8 Å². The average molecular weight is 747 g/mol. The Morgan fingerprint density at radius 3 is 2.45 bits per heavy atom. The zero-order valence-corrected chi connectivity index (χ0v) is 31.7. The number of nitrogens with two attached hydrogens (primary N) is 1. The van der Waals surface area contributed by atoms with E-state index >= 15 is 0 Å². The Morgan fingerprint density at radius 1 is 0.887 bits per heavy atom. The number of Topliss-reactive ketones (excluding diaryl/α,β-unsaturated/α-hetero) is 1. The molecule has 1 unspecified atom stereocenters. The number of nitrogens with zero attached hydrogens (tertiary/aromatic N) is 1. The Morgan fingerprint density at radius 2 is 1.66 bits per heavy atom. The number of carbonyl (C=O) groups excluding carboxylic acids is 1. The summed E-state index contributed by atoms with van der Waals surface area (Å²) in [7, 11) is 3.34. The summed E-state index contributed by atoms with van der Waals surface area (Å²) < 4.78 is 53.5. The number of aliphatic hydroxyl groups is 2. The lowest BCUT2D eigenvalue weighted by atomic mass is 9.76. The lowest BCUT2D eigenvalue weighted by Gasteiger charge is -2.56. The number of fused-ring (bicyclic) bond motifs is 2. The summed E-state index contributed by atoms with van der Waals surface area (Å²) in [6.07, 6.45) is 3.27. The molecule has 53 heavy (non-hydrogen) atoms. The van der Waals surface area contributed by atoms with Crippen LogP contribution in [0.5, 0.6) is 0 Å². The van der Waals surface area contributed by atoms with E-state index in [0.29, 0.717) is 38.5 Å². The Balaban J connectivity index is 1.19. The van der Waals surface area contributed by atoms with Gasteiger partial charge in [-0.3, -0.25) is 9.79 Å². The summed E-state index contributed by atoms with van der Waals surface area (Å²) in [5.74, 6) is -0.408. The number of hydrogen-bond acceptors (Lipinski definition) is 13. The molecular formula is C40H62N2O11. The molecule has 11 rings (SSSR count). The van der Waals surface area contributed by atoms with Crippen molar-refractivity contribution in [2.45, 2.75) is 194 Å². The van der Waals surface area contributed by atoms with E-state index in [4.69, 9.17) is 48.6 Å². The predicted octanol–water partition coefficient (Wildman–Crippen LogP) is 2.94. The van der Waals surface area contributed by atoms with Crippen molar-refractivity contribution in [1.29, 1.82) is 0 Å².